The van der Waals surface area contributed by atoms with Crippen LogP contribution in [0, 0.1) is 0 Å². The van der Waals surface area contributed by atoms with Gasteiger partial charge in [-0.2, -0.15) is 8.78 Å². The van der Waals surface area contributed by atoms with E-state index in [1.807, 2.05) is 0 Å². The summed E-state index contributed by atoms with van der Waals surface area (Å²) in [5, 5.41) is 2.77. The van der Waals surface area contributed by atoms with Gasteiger partial charge in [-0.25, -0.2) is 13.1 Å². The van der Waals surface area contributed by atoms with Crippen molar-refractivity contribution in [3.8, 4) is 11.5 Å². The fourth-order valence-corrected chi connectivity index (χ4v) is 3.44. The molecule has 0 aliphatic rings. The van der Waals surface area contributed by atoms with E-state index in [9.17, 15) is 22.0 Å². The van der Waals surface area contributed by atoms with Crippen molar-refractivity contribution in [2.45, 2.75) is 30.8 Å². The number of carbonyl (C=O) groups is 1. The average Bonchev–Trinajstić information content (AvgIpc) is 2.72. The van der Waals surface area contributed by atoms with E-state index in [0.717, 1.165) is 5.56 Å². The number of nitrogens with one attached hydrogen (secondary N) is 2. The molecule has 0 saturated heterocycles. The Morgan fingerprint density at radius 3 is 2.30 bits per heavy atom. The standard InChI is InChI=1S/C20H24F2N2O5S/c1-23-30(26,27)16-7-3-14(4-8-16)6-10-19(25)24-12-11-15-5-9-17(28-2)18(13-15)29-20(21)22/h3-5,7-9,13,20,23H,6,10-12H2,1-2H3,(H,24,25). The summed E-state index contributed by atoms with van der Waals surface area (Å²) in [4.78, 5) is 12.2. The molecule has 0 aromatic heterocycles. The SMILES string of the molecule is CNS(=O)(=O)c1ccc(CCC(=O)NCCc2ccc(OC)c(OC(F)F)c2)cc1. The van der Waals surface area contributed by atoms with Crippen LogP contribution in [0.25, 0.3) is 0 Å². The molecule has 7 nitrogen and oxygen atoms in total. The number of alkyl halides is 2. The molecule has 1 amide bonds. The highest BCUT2D eigenvalue weighted by Gasteiger charge is 2.12. The molecular formula is C20H24F2N2O5S. The lowest BCUT2D eigenvalue weighted by Gasteiger charge is -2.12. The lowest BCUT2D eigenvalue weighted by Crippen LogP contribution is -2.25. The third-order valence-electron chi connectivity index (χ3n) is 4.32. The number of halogens is 2. The van der Waals surface area contributed by atoms with Gasteiger partial charge in [-0.1, -0.05) is 18.2 Å². The van der Waals surface area contributed by atoms with Gasteiger partial charge in [0, 0.05) is 13.0 Å². The van der Waals surface area contributed by atoms with Crippen molar-refractivity contribution in [2.75, 3.05) is 20.7 Å². The van der Waals surface area contributed by atoms with Crippen LogP contribution in [0.2, 0.25) is 0 Å². The lowest BCUT2D eigenvalue weighted by molar-refractivity contribution is -0.121. The number of amides is 1. The highest BCUT2D eigenvalue weighted by Crippen LogP contribution is 2.29. The van der Waals surface area contributed by atoms with Gasteiger partial charge in [0.15, 0.2) is 11.5 Å². The zero-order chi connectivity index (χ0) is 22.1. The van der Waals surface area contributed by atoms with Gasteiger partial charge in [-0.15, -0.1) is 0 Å². The molecule has 2 rings (SSSR count). The Morgan fingerprint density at radius 1 is 1.03 bits per heavy atom. The van der Waals surface area contributed by atoms with E-state index >= 15 is 0 Å². The zero-order valence-electron chi connectivity index (χ0n) is 16.7. The van der Waals surface area contributed by atoms with E-state index in [1.54, 1.807) is 18.2 Å². The van der Waals surface area contributed by atoms with Crippen molar-refractivity contribution in [1.82, 2.24) is 10.0 Å². The third kappa shape index (κ3) is 6.96. The molecule has 30 heavy (non-hydrogen) atoms. The first-order valence-electron chi connectivity index (χ1n) is 9.16. The Bertz CT molecular complexity index is 950. The minimum absolute atomic E-state index is 0.0555. The quantitative estimate of drug-likeness (QED) is 0.558. The van der Waals surface area contributed by atoms with E-state index in [2.05, 4.69) is 14.8 Å². The topological polar surface area (TPSA) is 93.7 Å². The summed E-state index contributed by atoms with van der Waals surface area (Å²) >= 11 is 0. The normalized spacial score (nSPS) is 11.4. The molecule has 2 N–H and O–H groups in total. The monoisotopic (exact) mass is 442 g/mol. The van der Waals surface area contributed by atoms with Crippen LogP contribution in [0.4, 0.5) is 8.78 Å². The molecule has 2 aromatic carbocycles. The first kappa shape index (κ1) is 23.6. The molecule has 0 spiro atoms. The summed E-state index contributed by atoms with van der Waals surface area (Å²) in [7, 11) is -0.785. The molecule has 0 saturated carbocycles. The van der Waals surface area contributed by atoms with Gasteiger partial charge in [-0.3, -0.25) is 4.79 Å². The predicted octanol–water partition coefficient (Wildman–Crippen LogP) is 2.50. The maximum absolute atomic E-state index is 12.5. The molecule has 10 heteroatoms. The van der Waals surface area contributed by atoms with Crippen LogP contribution in [0.5, 0.6) is 11.5 Å². The number of hydrogen-bond donors (Lipinski definition) is 2. The van der Waals surface area contributed by atoms with E-state index < -0.39 is 16.6 Å². The minimum atomic E-state index is -3.49. The summed E-state index contributed by atoms with van der Waals surface area (Å²) in [6.45, 7) is -2.63. The van der Waals surface area contributed by atoms with Crippen LogP contribution in [0.15, 0.2) is 47.4 Å². The summed E-state index contributed by atoms with van der Waals surface area (Å²) < 4.78 is 60.0. The number of sulfonamides is 1. The Kier molecular flexibility index (Phi) is 8.55. The number of hydrogen-bond acceptors (Lipinski definition) is 5. The van der Waals surface area contributed by atoms with Crippen molar-refractivity contribution in [3.05, 3.63) is 53.6 Å². The molecular weight excluding hydrogens is 418 g/mol. The number of aryl methyl sites for hydroxylation is 1. The summed E-state index contributed by atoms with van der Waals surface area (Å²) in [5.41, 5.74) is 1.55. The largest absolute Gasteiger partial charge is 0.493 e. The number of ether oxygens (including phenoxy) is 2. The Balaban J connectivity index is 1.81. The number of carbonyl (C=O) groups excluding carboxylic acids is 1. The van der Waals surface area contributed by atoms with E-state index in [-0.39, 0.29) is 28.7 Å². The summed E-state index contributed by atoms with van der Waals surface area (Å²) in [5.74, 6) is -0.0174. The van der Waals surface area contributed by atoms with Crippen LogP contribution in [0.3, 0.4) is 0 Å². The summed E-state index contributed by atoms with van der Waals surface area (Å²) in [6.07, 6.45) is 1.13. The van der Waals surface area contributed by atoms with Crippen LogP contribution < -0.4 is 19.5 Å². The third-order valence-corrected chi connectivity index (χ3v) is 5.75. The molecule has 2 aromatic rings. The van der Waals surface area contributed by atoms with E-state index in [0.29, 0.717) is 24.9 Å². The molecule has 0 unspecified atom stereocenters. The van der Waals surface area contributed by atoms with Crippen LogP contribution in [-0.4, -0.2) is 41.6 Å². The molecule has 0 atom stereocenters. The number of rotatable bonds is 11. The average molecular weight is 442 g/mol. The highest BCUT2D eigenvalue weighted by atomic mass is 32.2. The highest BCUT2D eigenvalue weighted by molar-refractivity contribution is 7.89. The first-order valence-corrected chi connectivity index (χ1v) is 10.6. The maximum Gasteiger partial charge on any atom is 0.387 e. The molecule has 0 radical (unpaired) electrons. The molecule has 0 bridgehead atoms. The second-order valence-electron chi connectivity index (χ2n) is 6.32. The van der Waals surface area contributed by atoms with Gasteiger partial charge in [0.05, 0.1) is 12.0 Å². The summed E-state index contributed by atoms with van der Waals surface area (Å²) in [6, 6.07) is 11.0. The minimum Gasteiger partial charge on any atom is -0.493 e. The lowest BCUT2D eigenvalue weighted by atomic mass is 10.1. The Morgan fingerprint density at radius 2 is 1.70 bits per heavy atom. The van der Waals surface area contributed by atoms with Crippen molar-refractivity contribution >= 4 is 15.9 Å². The van der Waals surface area contributed by atoms with Crippen LogP contribution in [-0.2, 0) is 27.7 Å². The smallest absolute Gasteiger partial charge is 0.387 e. The molecule has 0 aliphatic carbocycles. The van der Waals surface area contributed by atoms with Crippen molar-refractivity contribution < 1.29 is 31.5 Å². The van der Waals surface area contributed by atoms with Gasteiger partial charge >= 0.3 is 6.61 Å². The fourth-order valence-electron chi connectivity index (χ4n) is 2.71. The van der Waals surface area contributed by atoms with Crippen LogP contribution >= 0.6 is 0 Å². The Labute approximate surface area is 174 Å². The van der Waals surface area contributed by atoms with Gasteiger partial charge in [0.25, 0.3) is 0 Å². The van der Waals surface area contributed by atoms with Crippen molar-refractivity contribution in [2.24, 2.45) is 0 Å². The van der Waals surface area contributed by atoms with E-state index in [1.165, 1.54) is 38.4 Å². The Hall–Kier alpha value is -2.72. The second-order valence-corrected chi connectivity index (χ2v) is 8.20. The van der Waals surface area contributed by atoms with Crippen molar-refractivity contribution in [3.63, 3.8) is 0 Å². The molecule has 0 fully saturated rings. The van der Waals surface area contributed by atoms with E-state index in [4.69, 9.17) is 4.74 Å². The zero-order valence-corrected chi connectivity index (χ0v) is 17.5. The fraction of sp³-hybridized carbons (Fsp3) is 0.350. The predicted molar refractivity (Wildman–Crippen MR) is 107 cm³/mol. The van der Waals surface area contributed by atoms with Crippen molar-refractivity contribution in [1.29, 1.82) is 0 Å². The molecule has 0 aliphatic heterocycles. The number of methoxy groups -OCH3 is 1. The second kappa shape index (κ2) is 10.9. The molecule has 0 heterocycles. The van der Waals surface area contributed by atoms with Crippen LogP contribution in [0.1, 0.15) is 17.5 Å². The van der Waals surface area contributed by atoms with Gasteiger partial charge < -0.3 is 14.8 Å². The van der Waals surface area contributed by atoms with Gasteiger partial charge in [0.1, 0.15) is 0 Å². The van der Waals surface area contributed by atoms with Gasteiger partial charge in [0.2, 0.25) is 15.9 Å². The molecule has 164 valence electrons. The first-order chi connectivity index (χ1) is 14.2. The van der Waals surface area contributed by atoms with Gasteiger partial charge in [-0.05, 0) is 55.3 Å². The number of benzene rings is 2. The maximum atomic E-state index is 12.5.